The van der Waals surface area contributed by atoms with Crippen LogP contribution in [0.5, 0.6) is 0 Å². The molecule has 0 saturated carbocycles. The molecular formula is C26H40N2O2. The van der Waals surface area contributed by atoms with Gasteiger partial charge in [0.25, 0.3) is 11.8 Å². The second-order valence-electron chi connectivity index (χ2n) is 6.33. The number of amides is 2. The molecular weight excluding hydrogens is 372 g/mol. The van der Waals surface area contributed by atoms with Crippen molar-refractivity contribution in [3.8, 4) is 0 Å². The van der Waals surface area contributed by atoms with E-state index in [1.165, 1.54) is 16.7 Å². The summed E-state index contributed by atoms with van der Waals surface area (Å²) in [6.07, 6.45) is 1.92. The van der Waals surface area contributed by atoms with Gasteiger partial charge in [-0.05, 0) is 49.9 Å². The zero-order valence-electron chi connectivity index (χ0n) is 20.1. The topological polar surface area (TPSA) is 58.2 Å². The Morgan fingerprint density at radius 3 is 1.67 bits per heavy atom. The lowest BCUT2D eigenvalue weighted by Gasteiger charge is -2.16. The summed E-state index contributed by atoms with van der Waals surface area (Å²) in [5.41, 5.74) is 6.41. The Labute approximate surface area is 183 Å². The molecule has 0 atom stereocenters. The molecule has 4 nitrogen and oxygen atoms in total. The smallest absolute Gasteiger partial charge is 0.251 e. The van der Waals surface area contributed by atoms with Crippen LogP contribution in [0.15, 0.2) is 36.4 Å². The van der Waals surface area contributed by atoms with Gasteiger partial charge in [-0.1, -0.05) is 76.9 Å². The Morgan fingerprint density at radius 2 is 1.07 bits per heavy atom. The predicted octanol–water partition coefficient (Wildman–Crippen LogP) is 5.64. The molecule has 2 aliphatic heterocycles. The average Bonchev–Trinajstić information content (AvgIpc) is 2.79. The van der Waals surface area contributed by atoms with Crippen molar-refractivity contribution in [2.45, 2.75) is 68.2 Å². The highest BCUT2D eigenvalue weighted by atomic mass is 16.2. The Balaban J connectivity index is 0.000000450. The fourth-order valence-corrected chi connectivity index (χ4v) is 3.08. The molecule has 0 radical (unpaired) electrons. The number of rotatable bonds is 0. The lowest BCUT2D eigenvalue weighted by atomic mass is 9.98. The molecule has 2 aromatic carbocycles. The molecule has 0 saturated heterocycles. The first-order valence-corrected chi connectivity index (χ1v) is 11.3. The summed E-state index contributed by atoms with van der Waals surface area (Å²) < 4.78 is 0. The van der Waals surface area contributed by atoms with Gasteiger partial charge in [-0.2, -0.15) is 0 Å². The van der Waals surface area contributed by atoms with Crippen molar-refractivity contribution in [1.82, 2.24) is 10.6 Å². The van der Waals surface area contributed by atoms with Gasteiger partial charge in [0, 0.05) is 24.2 Å². The van der Waals surface area contributed by atoms with Gasteiger partial charge >= 0.3 is 0 Å². The van der Waals surface area contributed by atoms with Gasteiger partial charge in [0.2, 0.25) is 0 Å². The molecule has 4 heteroatoms. The van der Waals surface area contributed by atoms with Gasteiger partial charge in [0.05, 0.1) is 0 Å². The van der Waals surface area contributed by atoms with Crippen LogP contribution in [0.4, 0.5) is 0 Å². The fraction of sp³-hybridized carbons (Fsp3) is 0.462. The molecule has 30 heavy (non-hydrogen) atoms. The fourth-order valence-electron chi connectivity index (χ4n) is 3.08. The third-order valence-electron chi connectivity index (χ3n) is 4.38. The standard InChI is InChI=1S/2C10H11NO.3C2H6/c1-7-2-3-9-8(6-7)4-5-11-10(9)12;1-7-2-3-8-4-5-11-10(12)9(8)6-7;3*1-2/h2*2-3,6H,4-5H2,1H3,(H,11,12);3*1-2H3. The summed E-state index contributed by atoms with van der Waals surface area (Å²) in [6, 6.07) is 12.0. The molecule has 2 aliphatic rings. The Morgan fingerprint density at radius 1 is 0.600 bits per heavy atom. The van der Waals surface area contributed by atoms with Crippen molar-refractivity contribution in [3.63, 3.8) is 0 Å². The van der Waals surface area contributed by atoms with Crippen LogP contribution in [-0.2, 0) is 12.8 Å². The van der Waals surface area contributed by atoms with E-state index in [1.807, 2.05) is 79.7 Å². The van der Waals surface area contributed by atoms with Crippen molar-refractivity contribution in [3.05, 3.63) is 69.8 Å². The summed E-state index contributed by atoms with van der Waals surface area (Å²) in [6.45, 7) is 17.6. The highest BCUT2D eigenvalue weighted by Gasteiger charge is 2.16. The van der Waals surface area contributed by atoms with Gasteiger partial charge in [0.15, 0.2) is 0 Å². The SMILES string of the molecule is CC.CC.CC.Cc1ccc2c(c1)C(=O)NCC2.Cc1ccc2c(c1)CCNC2=O. The van der Waals surface area contributed by atoms with Crippen LogP contribution in [0.25, 0.3) is 0 Å². The maximum Gasteiger partial charge on any atom is 0.251 e. The molecule has 2 heterocycles. The van der Waals surface area contributed by atoms with Crippen molar-refractivity contribution in [2.75, 3.05) is 13.1 Å². The largest absolute Gasteiger partial charge is 0.352 e. The maximum atomic E-state index is 11.3. The molecule has 4 rings (SSSR count). The first-order chi connectivity index (χ1) is 14.5. The van der Waals surface area contributed by atoms with E-state index in [0.717, 1.165) is 42.6 Å². The number of nitrogens with one attached hydrogen (secondary N) is 2. The van der Waals surface area contributed by atoms with Crippen LogP contribution < -0.4 is 10.6 Å². The molecule has 0 aromatic heterocycles. The van der Waals surface area contributed by atoms with Crippen molar-refractivity contribution in [2.24, 2.45) is 0 Å². The Hall–Kier alpha value is -2.62. The van der Waals surface area contributed by atoms with Crippen molar-refractivity contribution >= 4 is 11.8 Å². The quantitative estimate of drug-likeness (QED) is 0.588. The highest BCUT2D eigenvalue weighted by molar-refractivity contribution is 5.97. The molecule has 166 valence electrons. The number of aryl methyl sites for hydroxylation is 2. The minimum atomic E-state index is 0.0660. The first-order valence-electron chi connectivity index (χ1n) is 11.3. The summed E-state index contributed by atoms with van der Waals surface area (Å²) in [5.74, 6) is 0.135. The minimum absolute atomic E-state index is 0.0660. The van der Waals surface area contributed by atoms with E-state index in [-0.39, 0.29) is 11.8 Å². The van der Waals surface area contributed by atoms with Crippen LogP contribution in [0, 0.1) is 13.8 Å². The summed E-state index contributed by atoms with van der Waals surface area (Å²) >= 11 is 0. The molecule has 2 amide bonds. The van der Waals surface area contributed by atoms with Gasteiger partial charge in [-0.3, -0.25) is 9.59 Å². The normalized spacial score (nSPS) is 12.8. The van der Waals surface area contributed by atoms with E-state index in [1.54, 1.807) is 0 Å². The van der Waals surface area contributed by atoms with E-state index < -0.39 is 0 Å². The van der Waals surface area contributed by atoms with E-state index in [0.29, 0.717) is 0 Å². The van der Waals surface area contributed by atoms with Crippen LogP contribution in [0.2, 0.25) is 0 Å². The minimum Gasteiger partial charge on any atom is -0.352 e. The van der Waals surface area contributed by atoms with E-state index in [4.69, 9.17) is 0 Å². The molecule has 0 unspecified atom stereocenters. The number of benzene rings is 2. The number of fused-ring (bicyclic) bond motifs is 2. The number of hydrogen-bond donors (Lipinski definition) is 2. The molecule has 0 spiro atoms. The van der Waals surface area contributed by atoms with Gasteiger partial charge in [0.1, 0.15) is 0 Å². The molecule has 0 fully saturated rings. The zero-order valence-corrected chi connectivity index (χ0v) is 20.1. The Kier molecular flexibility index (Phi) is 13.9. The Bertz CT molecular complexity index is 798. The lowest BCUT2D eigenvalue weighted by Crippen LogP contribution is -2.31. The van der Waals surface area contributed by atoms with Crippen LogP contribution in [-0.4, -0.2) is 24.9 Å². The van der Waals surface area contributed by atoms with Crippen molar-refractivity contribution in [1.29, 1.82) is 0 Å². The second-order valence-corrected chi connectivity index (χ2v) is 6.33. The monoisotopic (exact) mass is 412 g/mol. The summed E-state index contributed by atoms with van der Waals surface area (Å²) in [4.78, 5) is 22.6. The van der Waals surface area contributed by atoms with E-state index >= 15 is 0 Å². The van der Waals surface area contributed by atoms with Crippen LogP contribution >= 0.6 is 0 Å². The summed E-state index contributed by atoms with van der Waals surface area (Å²) in [5, 5.41) is 5.65. The predicted molar refractivity (Wildman–Crippen MR) is 128 cm³/mol. The second kappa shape index (κ2) is 15.3. The summed E-state index contributed by atoms with van der Waals surface area (Å²) in [7, 11) is 0. The van der Waals surface area contributed by atoms with Gasteiger partial charge < -0.3 is 10.6 Å². The van der Waals surface area contributed by atoms with Crippen molar-refractivity contribution < 1.29 is 9.59 Å². The molecule has 0 aliphatic carbocycles. The first kappa shape index (κ1) is 27.4. The van der Waals surface area contributed by atoms with Gasteiger partial charge in [-0.15, -0.1) is 0 Å². The molecule has 2 aromatic rings. The van der Waals surface area contributed by atoms with E-state index in [2.05, 4.69) is 22.8 Å². The average molecular weight is 413 g/mol. The third kappa shape index (κ3) is 8.02. The molecule has 0 bridgehead atoms. The van der Waals surface area contributed by atoms with Crippen LogP contribution in [0.3, 0.4) is 0 Å². The zero-order chi connectivity index (χ0) is 23.1. The van der Waals surface area contributed by atoms with E-state index in [9.17, 15) is 9.59 Å². The maximum absolute atomic E-state index is 11.3. The number of hydrogen-bond acceptors (Lipinski definition) is 2. The third-order valence-corrected chi connectivity index (χ3v) is 4.38. The lowest BCUT2D eigenvalue weighted by molar-refractivity contribution is 0.0937. The number of carbonyl (C=O) groups is 2. The van der Waals surface area contributed by atoms with Crippen LogP contribution in [0.1, 0.15) is 84.5 Å². The number of carbonyl (C=O) groups excluding carboxylic acids is 2. The van der Waals surface area contributed by atoms with Gasteiger partial charge in [-0.25, -0.2) is 0 Å². The highest BCUT2D eigenvalue weighted by Crippen LogP contribution is 2.15. The molecule has 2 N–H and O–H groups in total.